The van der Waals surface area contributed by atoms with E-state index in [4.69, 9.17) is 4.74 Å². The molecule has 5 rings (SSSR count). The van der Waals surface area contributed by atoms with Crippen LogP contribution in [-0.2, 0) is 21.4 Å². The van der Waals surface area contributed by atoms with Crippen LogP contribution in [0.2, 0.25) is 0 Å². The number of anilines is 2. The van der Waals surface area contributed by atoms with Gasteiger partial charge < -0.3 is 15.4 Å². The summed E-state index contributed by atoms with van der Waals surface area (Å²) in [6.45, 7) is 6.42. The molecule has 2 amide bonds. The van der Waals surface area contributed by atoms with E-state index in [0.29, 0.717) is 35.8 Å². The normalized spacial score (nSPS) is 13.5. The van der Waals surface area contributed by atoms with Crippen molar-refractivity contribution in [2.24, 2.45) is 0 Å². The third-order valence-corrected chi connectivity index (χ3v) is 7.26. The lowest BCUT2D eigenvalue weighted by molar-refractivity contribution is -0.116. The number of carbonyl (C=O) groups is 2. The highest BCUT2D eigenvalue weighted by molar-refractivity contribution is 7.12. The standard InChI is InChI=1S/C28H26N4O3S/c1-28(2,3)23-16-30-26(36-23)13-12-24(33)31-20-9-10-21(18-7-5-4-6-17(18)20)35-22-14-15-29-27-19(22)8-11-25(34)32-27/h4-7,9-10,12-16H,8,11H2,1-3H3,(H,31,33)(H,29,32,34)/b13-12-. The Hall–Kier alpha value is -4.04. The van der Waals surface area contributed by atoms with Crippen molar-refractivity contribution in [1.29, 1.82) is 0 Å². The van der Waals surface area contributed by atoms with Crippen molar-refractivity contribution in [3.05, 3.63) is 76.4 Å². The Labute approximate surface area is 213 Å². The average Bonchev–Trinajstić information content (AvgIpc) is 3.34. The molecule has 7 nitrogen and oxygen atoms in total. The topological polar surface area (TPSA) is 93.2 Å². The number of ether oxygens (including phenoxy) is 1. The number of hydrogen-bond acceptors (Lipinski definition) is 6. The van der Waals surface area contributed by atoms with Crippen molar-refractivity contribution < 1.29 is 14.3 Å². The van der Waals surface area contributed by atoms with Crippen molar-refractivity contribution in [3.8, 4) is 11.5 Å². The molecular formula is C28H26N4O3S. The Morgan fingerprint density at radius 1 is 1.06 bits per heavy atom. The predicted octanol–water partition coefficient (Wildman–Crippen LogP) is 6.32. The number of nitrogens with one attached hydrogen (secondary N) is 2. The number of hydrogen-bond donors (Lipinski definition) is 2. The van der Waals surface area contributed by atoms with Gasteiger partial charge in [-0.25, -0.2) is 9.97 Å². The van der Waals surface area contributed by atoms with Crippen molar-refractivity contribution >= 4 is 51.5 Å². The fourth-order valence-corrected chi connectivity index (χ4v) is 4.85. The summed E-state index contributed by atoms with van der Waals surface area (Å²) >= 11 is 1.58. The summed E-state index contributed by atoms with van der Waals surface area (Å²) in [6.07, 6.45) is 7.69. The molecule has 36 heavy (non-hydrogen) atoms. The second-order valence-electron chi connectivity index (χ2n) is 9.58. The fourth-order valence-electron chi connectivity index (χ4n) is 3.97. The van der Waals surface area contributed by atoms with E-state index in [1.165, 1.54) is 11.0 Å². The number of pyridine rings is 1. The Kier molecular flexibility index (Phi) is 6.28. The molecule has 8 heteroatoms. The molecular weight excluding hydrogens is 472 g/mol. The first-order chi connectivity index (χ1) is 17.3. The predicted molar refractivity (Wildman–Crippen MR) is 144 cm³/mol. The quantitative estimate of drug-likeness (QED) is 0.314. The molecule has 182 valence electrons. The summed E-state index contributed by atoms with van der Waals surface area (Å²) in [5.74, 6) is 1.57. The van der Waals surface area contributed by atoms with Gasteiger partial charge in [-0.1, -0.05) is 45.0 Å². The van der Waals surface area contributed by atoms with Crippen LogP contribution in [0.25, 0.3) is 16.8 Å². The maximum Gasteiger partial charge on any atom is 0.248 e. The summed E-state index contributed by atoms with van der Waals surface area (Å²) in [7, 11) is 0. The molecule has 0 aliphatic carbocycles. The van der Waals surface area contributed by atoms with Gasteiger partial charge in [0.2, 0.25) is 11.8 Å². The van der Waals surface area contributed by atoms with Crippen LogP contribution in [0.1, 0.15) is 42.6 Å². The molecule has 0 fully saturated rings. The van der Waals surface area contributed by atoms with E-state index in [2.05, 4.69) is 41.4 Å². The molecule has 0 saturated heterocycles. The van der Waals surface area contributed by atoms with Gasteiger partial charge in [0, 0.05) is 51.8 Å². The van der Waals surface area contributed by atoms with Crippen molar-refractivity contribution in [2.75, 3.05) is 10.6 Å². The second-order valence-corrected chi connectivity index (χ2v) is 10.6. The van der Waals surface area contributed by atoms with Gasteiger partial charge in [0.05, 0.1) is 0 Å². The zero-order valence-electron chi connectivity index (χ0n) is 20.3. The highest BCUT2D eigenvalue weighted by Gasteiger charge is 2.21. The number of aromatic nitrogens is 2. The van der Waals surface area contributed by atoms with Crippen LogP contribution in [0, 0.1) is 0 Å². The largest absolute Gasteiger partial charge is 0.456 e. The molecule has 2 aromatic heterocycles. The van der Waals surface area contributed by atoms with Gasteiger partial charge in [-0.15, -0.1) is 11.3 Å². The third kappa shape index (κ3) is 4.99. The van der Waals surface area contributed by atoms with Gasteiger partial charge in [0.1, 0.15) is 22.3 Å². The zero-order chi connectivity index (χ0) is 25.3. The first-order valence-electron chi connectivity index (χ1n) is 11.7. The van der Waals surface area contributed by atoms with Gasteiger partial charge in [-0.2, -0.15) is 0 Å². The molecule has 0 atom stereocenters. The van der Waals surface area contributed by atoms with Crippen LogP contribution in [0.4, 0.5) is 11.5 Å². The summed E-state index contributed by atoms with van der Waals surface area (Å²) in [5.41, 5.74) is 1.59. The van der Waals surface area contributed by atoms with E-state index in [1.54, 1.807) is 29.7 Å². The summed E-state index contributed by atoms with van der Waals surface area (Å²) < 4.78 is 6.30. The van der Waals surface area contributed by atoms with Crippen LogP contribution in [-0.4, -0.2) is 21.8 Å². The van der Waals surface area contributed by atoms with E-state index in [-0.39, 0.29) is 17.2 Å². The molecule has 2 aromatic carbocycles. The molecule has 0 saturated carbocycles. The van der Waals surface area contributed by atoms with Crippen LogP contribution in [0.15, 0.2) is 60.9 Å². The SMILES string of the molecule is CC(C)(C)c1cnc(/C=C\C(=O)Nc2ccc(Oc3ccnc4c3CCC(=O)N4)c3ccccc23)s1. The molecule has 0 spiro atoms. The van der Waals surface area contributed by atoms with Gasteiger partial charge in [-0.05, 0) is 36.1 Å². The molecule has 0 radical (unpaired) electrons. The number of thiazole rings is 1. The van der Waals surface area contributed by atoms with E-state index in [0.717, 1.165) is 21.3 Å². The lowest BCUT2D eigenvalue weighted by Crippen LogP contribution is -2.20. The zero-order valence-corrected chi connectivity index (χ0v) is 21.1. The molecule has 0 bridgehead atoms. The summed E-state index contributed by atoms with van der Waals surface area (Å²) in [5, 5.41) is 8.29. The number of nitrogens with zero attached hydrogens (tertiary/aromatic N) is 2. The van der Waals surface area contributed by atoms with Crippen LogP contribution >= 0.6 is 11.3 Å². The van der Waals surface area contributed by atoms with Gasteiger partial charge in [-0.3, -0.25) is 9.59 Å². The Morgan fingerprint density at radius 3 is 2.64 bits per heavy atom. The van der Waals surface area contributed by atoms with Gasteiger partial charge in [0.25, 0.3) is 0 Å². The van der Waals surface area contributed by atoms with E-state index < -0.39 is 0 Å². The van der Waals surface area contributed by atoms with Crippen LogP contribution < -0.4 is 15.4 Å². The lowest BCUT2D eigenvalue weighted by Gasteiger charge is -2.19. The molecule has 0 unspecified atom stereocenters. The van der Waals surface area contributed by atoms with Crippen molar-refractivity contribution in [3.63, 3.8) is 0 Å². The first kappa shape index (κ1) is 23.7. The highest BCUT2D eigenvalue weighted by Crippen LogP contribution is 2.38. The van der Waals surface area contributed by atoms with Crippen LogP contribution in [0.5, 0.6) is 11.5 Å². The Balaban J connectivity index is 1.38. The van der Waals surface area contributed by atoms with Crippen molar-refractivity contribution in [2.45, 2.75) is 39.0 Å². The highest BCUT2D eigenvalue weighted by atomic mass is 32.1. The summed E-state index contributed by atoms with van der Waals surface area (Å²) in [4.78, 5) is 34.3. The molecule has 3 heterocycles. The molecule has 2 N–H and O–H groups in total. The molecule has 1 aliphatic heterocycles. The number of benzene rings is 2. The second kappa shape index (κ2) is 9.54. The number of carbonyl (C=O) groups excluding carboxylic acids is 2. The average molecular weight is 499 g/mol. The van der Waals surface area contributed by atoms with Gasteiger partial charge >= 0.3 is 0 Å². The van der Waals surface area contributed by atoms with Gasteiger partial charge in [0.15, 0.2) is 0 Å². The van der Waals surface area contributed by atoms with E-state index >= 15 is 0 Å². The molecule has 1 aliphatic rings. The smallest absolute Gasteiger partial charge is 0.248 e. The maximum absolute atomic E-state index is 12.7. The van der Waals surface area contributed by atoms with E-state index in [9.17, 15) is 9.59 Å². The third-order valence-electron chi connectivity index (χ3n) is 5.87. The van der Waals surface area contributed by atoms with E-state index in [1.807, 2.05) is 42.6 Å². The maximum atomic E-state index is 12.7. The minimum atomic E-state index is -0.236. The number of fused-ring (bicyclic) bond motifs is 2. The monoisotopic (exact) mass is 498 g/mol. The van der Waals surface area contributed by atoms with Crippen LogP contribution in [0.3, 0.4) is 0 Å². The Bertz CT molecular complexity index is 1500. The Morgan fingerprint density at radius 2 is 1.86 bits per heavy atom. The van der Waals surface area contributed by atoms with Crippen molar-refractivity contribution in [1.82, 2.24) is 9.97 Å². The minimum Gasteiger partial charge on any atom is -0.456 e. The first-order valence-corrected chi connectivity index (χ1v) is 12.5. The number of amides is 2. The molecule has 4 aromatic rings. The minimum absolute atomic E-state index is 0.0260. The lowest BCUT2D eigenvalue weighted by atomic mass is 9.96. The summed E-state index contributed by atoms with van der Waals surface area (Å²) in [6, 6.07) is 13.2. The number of rotatable bonds is 5. The fraction of sp³-hybridized carbons (Fsp3) is 0.214.